The SMILES string of the molecule is CC(C)(C)OC(=O)NCC1OB(O)c2cc(N(c3ccc(-c4cnco4)s3)S(=O)O)ccc21. The lowest BCUT2D eigenvalue weighted by Gasteiger charge is -2.21. The zero-order valence-electron chi connectivity index (χ0n) is 18.0. The number of hydrogen-bond acceptors (Lipinski definition) is 8. The van der Waals surface area contributed by atoms with Gasteiger partial charge >= 0.3 is 13.2 Å². The molecule has 2 aromatic heterocycles. The van der Waals surface area contributed by atoms with Crippen LogP contribution in [0.1, 0.15) is 32.4 Å². The number of carbonyl (C=O) groups is 1. The number of aromatic nitrogens is 1. The number of benzene rings is 1. The van der Waals surface area contributed by atoms with Crippen LogP contribution in [-0.4, -0.2) is 44.1 Å². The first-order valence-corrected chi connectivity index (χ1v) is 11.8. The molecule has 1 amide bonds. The summed E-state index contributed by atoms with van der Waals surface area (Å²) in [5.74, 6) is 0.549. The molecule has 3 N–H and O–H groups in total. The van der Waals surface area contributed by atoms with E-state index < -0.39 is 36.2 Å². The number of ether oxygens (including phenoxy) is 1. The number of nitrogens with one attached hydrogen (secondary N) is 1. The predicted molar refractivity (Wildman–Crippen MR) is 125 cm³/mol. The lowest BCUT2D eigenvalue weighted by Crippen LogP contribution is -2.35. The summed E-state index contributed by atoms with van der Waals surface area (Å²) in [5.41, 5.74) is 0.875. The molecule has 2 unspecified atom stereocenters. The highest BCUT2D eigenvalue weighted by Crippen LogP contribution is 2.38. The Labute approximate surface area is 197 Å². The molecule has 4 rings (SSSR count). The number of anilines is 2. The molecule has 1 aliphatic rings. The molecular formula is C20H22BN3O7S2. The van der Waals surface area contributed by atoms with E-state index in [2.05, 4.69) is 10.3 Å². The highest BCUT2D eigenvalue weighted by Gasteiger charge is 2.36. The molecule has 0 spiro atoms. The van der Waals surface area contributed by atoms with Gasteiger partial charge in [0, 0.05) is 6.54 Å². The topological polar surface area (TPSA) is 134 Å². The monoisotopic (exact) mass is 491 g/mol. The number of thiophene rings is 1. The molecule has 0 saturated heterocycles. The maximum Gasteiger partial charge on any atom is 0.492 e. The molecule has 0 bridgehead atoms. The van der Waals surface area contributed by atoms with E-state index in [9.17, 15) is 18.6 Å². The van der Waals surface area contributed by atoms with Gasteiger partial charge in [0.2, 0.25) is 0 Å². The van der Waals surface area contributed by atoms with Gasteiger partial charge in [0.15, 0.2) is 12.2 Å². The number of fused-ring (bicyclic) bond motifs is 1. The zero-order valence-corrected chi connectivity index (χ0v) is 19.7. The van der Waals surface area contributed by atoms with Crippen molar-refractivity contribution in [3.8, 4) is 10.6 Å². The standard InChI is InChI=1S/C20H22BN3O7S2/c1-20(2,3)30-19(25)23-10-15-13-5-4-12(8-14(13)21(26)31-15)24(33(27)28)18-7-6-17(32-18)16-9-22-11-29-16/h4-9,11,15,26H,10H2,1-3H3,(H,23,25)(H,27,28). The smallest absolute Gasteiger partial charge is 0.444 e. The van der Waals surface area contributed by atoms with Crippen LogP contribution in [0.3, 0.4) is 0 Å². The van der Waals surface area contributed by atoms with Crippen molar-refractivity contribution in [2.45, 2.75) is 32.5 Å². The van der Waals surface area contributed by atoms with Gasteiger partial charge in [-0.2, -0.15) is 0 Å². The zero-order chi connectivity index (χ0) is 23.8. The number of hydrogen-bond donors (Lipinski definition) is 3. The van der Waals surface area contributed by atoms with Gasteiger partial charge in [-0.3, -0.25) is 4.55 Å². The molecule has 3 aromatic rings. The molecule has 1 aliphatic heterocycles. The fourth-order valence-corrected chi connectivity index (χ4v) is 5.05. The molecule has 0 aliphatic carbocycles. The fraction of sp³-hybridized carbons (Fsp3) is 0.300. The maximum absolute atomic E-state index is 12.2. The number of alkyl carbamates (subject to hydrolysis) is 1. The Morgan fingerprint density at radius 2 is 2.15 bits per heavy atom. The van der Waals surface area contributed by atoms with Crippen molar-refractivity contribution >= 4 is 52.0 Å². The van der Waals surface area contributed by atoms with Crippen LogP contribution < -0.4 is 15.1 Å². The third-order valence-electron chi connectivity index (χ3n) is 4.66. The van der Waals surface area contributed by atoms with Crippen molar-refractivity contribution in [2.75, 3.05) is 10.8 Å². The first-order valence-electron chi connectivity index (χ1n) is 9.96. The second-order valence-corrected chi connectivity index (χ2v) is 10.1. The Morgan fingerprint density at radius 3 is 2.82 bits per heavy atom. The van der Waals surface area contributed by atoms with Gasteiger partial charge in [-0.25, -0.2) is 18.3 Å². The van der Waals surface area contributed by atoms with Crippen LogP contribution in [0.5, 0.6) is 0 Å². The first-order chi connectivity index (χ1) is 15.6. The van der Waals surface area contributed by atoms with Crippen LogP contribution >= 0.6 is 11.3 Å². The number of amides is 1. The quantitative estimate of drug-likeness (QED) is 0.354. The number of rotatable bonds is 6. The van der Waals surface area contributed by atoms with Gasteiger partial charge in [0.05, 0.1) is 22.9 Å². The lowest BCUT2D eigenvalue weighted by molar-refractivity contribution is 0.0498. The van der Waals surface area contributed by atoms with Crippen LogP contribution in [-0.2, 0) is 20.7 Å². The summed E-state index contributed by atoms with van der Waals surface area (Å²) in [7, 11) is -1.24. The van der Waals surface area contributed by atoms with Crippen molar-refractivity contribution in [3.05, 3.63) is 48.5 Å². The largest absolute Gasteiger partial charge is 0.492 e. The molecule has 10 nitrogen and oxygen atoms in total. The number of oxazole rings is 1. The second kappa shape index (κ2) is 9.27. The van der Waals surface area contributed by atoms with E-state index >= 15 is 0 Å². The minimum Gasteiger partial charge on any atom is -0.444 e. The van der Waals surface area contributed by atoms with Crippen molar-refractivity contribution in [2.24, 2.45) is 0 Å². The molecule has 174 valence electrons. The predicted octanol–water partition coefficient (Wildman–Crippen LogP) is 2.96. The Morgan fingerprint density at radius 1 is 1.36 bits per heavy atom. The van der Waals surface area contributed by atoms with Crippen LogP contribution in [0.25, 0.3) is 10.6 Å². The molecule has 1 aromatic carbocycles. The average Bonchev–Trinajstić information content (AvgIpc) is 3.46. The summed E-state index contributed by atoms with van der Waals surface area (Å²) in [6.07, 6.45) is 1.69. The van der Waals surface area contributed by atoms with Crippen molar-refractivity contribution in [1.82, 2.24) is 10.3 Å². The van der Waals surface area contributed by atoms with Crippen molar-refractivity contribution < 1.29 is 32.4 Å². The van der Waals surface area contributed by atoms with Crippen LogP contribution in [0.15, 0.2) is 47.3 Å². The van der Waals surface area contributed by atoms with E-state index in [1.54, 1.807) is 57.3 Å². The summed E-state index contributed by atoms with van der Waals surface area (Å²) in [6, 6.07) is 8.42. The minimum absolute atomic E-state index is 0.0967. The third kappa shape index (κ3) is 5.28. The van der Waals surface area contributed by atoms with E-state index in [4.69, 9.17) is 13.8 Å². The summed E-state index contributed by atoms with van der Waals surface area (Å²) in [6.45, 7) is 5.38. The minimum atomic E-state index is -2.37. The number of carbonyl (C=O) groups excluding carboxylic acids is 1. The van der Waals surface area contributed by atoms with Gasteiger partial charge in [-0.05, 0) is 56.1 Å². The fourth-order valence-electron chi connectivity index (χ4n) is 3.35. The molecule has 0 fully saturated rings. The van der Waals surface area contributed by atoms with Gasteiger partial charge < -0.3 is 24.1 Å². The highest BCUT2D eigenvalue weighted by molar-refractivity contribution is 7.81. The molecule has 0 saturated carbocycles. The molecular weight excluding hydrogens is 469 g/mol. The summed E-state index contributed by atoms with van der Waals surface area (Å²) >= 11 is -1.12. The third-order valence-corrected chi connectivity index (χ3v) is 6.59. The van der Waals surface area contributed by atoms with E-state index in [-0.39, 0.29) is 6.54 Å². The van der Waals surface area contributed by atoms with Gasteiger partial charge in [-0.1, -0.05) is 6.07 Å². The van der Waals surface area contributed by atoms with Gasteiger partial charge in [0.1, 0.15) is 10.6 Å². The Hall–Kier alpha value is -2.71. The Kier molecular flexibility index (Phi) is 6.59. The molecule has 3 heterocycles. The molecule has 13 heteroatoms. The van der Waals surface area contributed by atoms with E-state index in [1.165, 1.54) is 22.0 Å². The molecule has 0 radical (unpaired) electrons. The van der Waals surface area contributed by atoms with Crippen LogP contribution in [0, 0.1) is 0 Å². The lowest BCUT2D eigenvalue weighted by atomic mass is 9.79. The second-order valence-electron chi connectivity index (χ2n) is 8.20. The summed E-state index contributed by atoms with van der Waals surface area (Å²) in [4.78, 5) is 16.6. The summed E-state index contributed by atoms with van der Waals surface area (Å²) < 4.78 is 39.5. The normalized spacial score (nSPS) is 16.4. The highest BCUT2D eigenvalue weighted by atomic mass is 32.2. The summed E-state index contributed by atoms with van der Waals surface area (Å²) in [5, 5.41) is 13.5. The van der Waals surface area contributed by atoms with E-state index in [0.717, 1.165) is 4.88 Å². The first kappa shape index (κ1) is 23.5. The molecule has 2 atom stereocenters. The maximum atomic E-state index is 12.2. The molecule has 33 heavy (non-hydrogen) atoms. The average molecular weight is 491 g/mol. The van der Waals surface area contributed by atoms with Gasteiger partial charge in [-0.15, -0.1) is 11.3 Å². The van der Waals surface area contributed by atoms with Crippen molar-refractivity contribution in [1.29, 1.82) is 0 Å². The Balaban J connectivity index is 1.54. The van der Waals surface area contributed by atoms with Crippen molar-refractivity contribution in [3.63, 3.8) is 0 Å². The van der Waals surface area contributed by atoms with Gasteiger partial charge in [0.25, 0.3) is 11.3 Å². The van der Waals surface area contributed by atoms with Crippen LogP contribution in [0.4, 0.5) is 15.5 Å². The van der Waals surface area contributed by atoms with E-state index in [0.29, 0.717) is 27.5 Å². The van der Waals surface area contributed by atoms with Crippen LogP contribution in [0.2, 0.25) is 0 Å². The number of nitrogens with zero attached hydrogens (tertiary/aromatic N) is 2. The Bertz CT molecular complexity index is 1160. The van der Waals surface area contributed by atoms with E-state index in [1.807, 2.05) is 0 Å².